The number of allylic oxidation sites excluding steroid dienone is 4. The van der Waals surface area contributed by atoms with Crippen molar-refractivity contribution >= 4 is 20.4 Å². The van der Waals surface area contributed by atoms with Crippen LogP contribution in [0.15, 0.2) is 24.3 Å². The molecule has 1 aliphatic carbocycles. The van der Waals surface area contributed by atoms with E-state index in [1.54, 1.807) is 0 Å². The normalized spacial score (nSPS) is 10.6. The third-order valence-electron chi connectivity index (χ3n) is 1.12. The maximum Gasteiger partial charge on any atom is 0.106 e. The molecular formula is C10H16FeO3. The van der Waals surface area contributed by atoms with Gasteiger partial charge in [-0.25, -0.2) is 0 Å². The van der Waals surface area contributed by atoms with Crippen LogP contribution in [0.2, 0.25) is 0 Å². The maximum atomic E-state index is 8.00. The van der Waals surface area contributed by atoms with Crippen LogP contribution in [-0.2, 0) is 31.5 Å². The largest absolute Gasteiger partial charge is 0.307 e. The second kappa shape index (κ2) is 40.3. The Morgan fingerprint density at radius 1 is 0.714 bits per heavy atom. The van der Waals surface area contributed by atoms with Crippen LogP contribution < -0.4 is 0 Å². The minimum absolute atomic E-state index is 0. The topological polar surface area (TPSA) is 51.2 Å². The molecule has 0 aromatic rings. The first-order valence-corrected chi connectivity index (χ1v) is 3.68. The van der Waals surface area contributed by atoms with Crippen molar-refractivity contribution in [2.24, 2.45) is 0 Å². The summed E-state index contributed by atoms with van der Waals surface area (Å²) >= 11 is 0. The van der Waals surface area contributed by atoms with Crippen molar-refractivity contribution in [3.8, 4) is 0 Å². The summed E-state index contributed by atoms with van der Waals surface area (Å²) in [5.41, 5.74) is 0. The summed E-state index contributed by atoms with van der Waals surface area (Å²) in [5, 5.41) is 0. The van der Waals surface area contributed by atoms with Crippen LogP contribution in [0.25, 0.3) is 0 Å². The number of hydrogen-bond donors (Lipinski definition) is 0. The molecule has 4 heteroatoms. The fourth-order valence-electron chi connectivity index (χ4n) is 0.703. The van der Waals surface area contributed by atoms with Crippen molar-refractivity contribution in [3.05, 3.63) is 24.3 Å². The van der Waals surface area contributed by atoms with E-state index in [9.17, 15) is 0 Å². The minimum Gasteiger partial charge on any atom is -0.307 e. The second-order valence-corrected chi connectivity index (χ2v) is 1.79. The number of rotatable bonds is 0. The zero-order valence-corrected chi connectivity index (χ0v) is 9.23. The van der Waals surface area contributed by atoms with Crippen LogP contribution in [0.1, 0.15) is 19.3 Å². The standard InChI is InChI=1S/C7H10.3CH2O.Fe/c1-2-4-6-7-5-3-1;3*1-2;/h1-4H,5-7H2;3*1H2;. The summed E-state index contributed by atoms with van der Waals surface area (Å²) in [5.74, 6) is 0. The predicted molar refractivity (Wildman–Crippen MR) is 53.5 cm³/mol. The molecule has 1 aliphatic rings. The molecule has 82 valence electrons. The molecule has 0 unspecified atom stereocenters. The molecule has 0 saturated heterocycles. The van der Waals surface area contributed by atoms with Crippen LogP contribution in [0.5, 0.6) is 0 Å². The zero-order chi connectivity index (χ0) is 10.9. The van der Waals surface area contributed by atoms with E-state index in [0.29, 0.717) is 0 Å². The van der Waals surface area contributed by atoms with E-state index in [4.69, 9.17) is 14.4 Å². The average Bonchev–Trinajstić information content (AvgIpc) is 2.58. The van der Waals surface area contributed by atoms with Gasteiger partial charge in [0.25, 0.3) is 0 Å². The van der Waals surface area contributed by atoms with Crippen molar-refractivity contribution in [1.82, 2.24) is 0 Å². The molecule has 0 aromatic heterocycles. The van der Waals surface area contributed by atoms with Crippen LogP contribution in [0, 0.1) is 0 Å². The summed E-state index contributed by atoms with van der Waals surface area (Å²) in [7, 11) is 0. The number of hydrogen-bond acceptors (Lipinski definition) is 3. The SMILES string of the molecule is C1=CCCCC=C1.C=O.C=O.C=O.[Fe]. The molecule has 0 heterocycles. The van der Waals surface area contributed by atoms with Gasteiger partial charge in [0.05, 0.1) is 0 Å². The first-order chi connectivity index (χ1) is 6.50. The van der Waals surface area contributed by atoms with Crippen molar-refractivity contribution < 1.29 is 31.5 Å². The van der Waals surface area contributed by atoms with E-state index in [-0.39, 0.29) is 17.1 Å². The summed E-state index contributed by atoms with van der Waals surface area (Å²) in [6.07, 6.45) is 12.5. The van der Waals surface area contributed by atoms with Crippen LogP contribution in [-0.4, -0.2) is 20.4 Å². The number of carbonyl (C=O) groups excluding carboxylic acids is 3. The monoisotopic (exact) mass is 240 g/mol. The molecule has 0 amide bonds. The Morgan fingerprint density at radius 2 is 1.00 bits per heavy atom. The maximum absolute atomic E-state index is 8.00. The van der Waals surface area contributed by atoms with E-state index >= 15 is 0 Å². The molecule has 0 atom stereocenters. The van der Waals surface area contributed by atoms with Gasteiger partial charge in [-0.05, 0) is 19.3 Å². The predicted octanol–water partition coefficient (Wildman–Crippen LogP) is 1.73. The van der Waals surface area contributed by atoms with Crippen LogP contribution in [0.4, 0.5) is 0 Å². The van der Waals surface area contributed by atoms with Gasteiger partial charge in [-0.2, -0.15) is 0 Å². The van der Waals surface area contributed by atoms with E-state index < -0.39 is 0 Å². The first kappa shape index (κ1) is 23.1. The average molecular weight is 240 g/mol. The molecule has 0 N–H and O–H groups in total. The minimum atomic E-state index is 0. The Balaban J connectivity index is -0.0000000625. The quantitative estimate of drug-likeness (QED) is 0.606. The van der Waals surface area contributed by atoms with Gasteiger partial charge in [-0.1, -0.05) is 24.3 Å². The molecule has 0 aliphatic heterocycles. The van der Waals surface area contributed by atoms with Gasteiger partial charge in [0.1, 0.15) is 20.4 Å². The summed E-state index contributed by atoms with van der Waals surface area (Å²) in [4.78, 5) is 24.0. The zero-order valence-electron chi connectivity index (χ0n) is 8.13. The molecule has 1 rings (SSSR count). The van der Waals surface area contributed by atoms with Gasteiger partial charge in [-0.3, -0.25) is 0 Å². The van der Waals surface area contributed by atoms with Gasteiger partial charge in [0.2, 0.25) is 0 Å². The van der Waals surface area contributed by atoms with Crippen molar-refractivity contribution in [2.45, 2.75) is 19.3 Å². The second-order valence-electron chi connectivity index (χ2n) is 1.79. The first-order valence-electron chi connectivity index (χ1n) is 3.68. The van der Waals surface area contributed by atoms with Crippen molar-refractivity contribution in [2.75, 3.05) is 0 Å². The van der Waals surface area contributed by atoms with Gasteiger partial charge in [0.15, 0.2) is 0 Å². The molecular weight excluding hydrogens is 224 g/mol. The Hall–Kier alpha value is -0.991. The fourth-order valence-corrected chi connectivity index (χ4v) is 0.703. The molecule has 0 radical (unpaired) electrons. The van der Waals surface area contributed by atoms with Crippen molar-refractivity contribution in [1.29, 1.82) is 0 Å². The molecule has 0 spiro atoms. The number of carbonyl (C=O) groups is 3. The van der Waals surface area contributed by atoms with Crippen LogP contribution >= 0.6 is 0 Å². The van der Waals surface area contributed by atoms with E-state index in [1.165, 1.54) is 19.3 Å². The van der Waals surface area contributed by atoms with Gasteiger partial charge < -0.3 is 14.4 Å². The summed E-state index contributed by atoms with van der Waals surface area (Å²) < 4.78 is 0. The summed E-state index contributed by atoms with van der Waals surface area (Å²) in [6.45, 7) is 6.00. The fraction of sp³-hybridized carbons (Fsp3) is 0.300. The van der Waals surface area contributed by atoms with E-state index in [0.717, 1.165) is 0 Å². The summed E-state index contributed by atoms with van der Waals surface area (Å²) in [6, 6.07) is 0. The Morgan fingerprint density at radius 3 is 1.29 bits per heavy atom. The van der Waals surface area contributed by atoms with E-state index in [1.807, 2.05) is 20.4 Å². The Bertz CT molecular complexity index is 119. The molecule has 0 saturated carbocycles. The molecule has 0 aromatic carbocycles. The van der Waals surface area contributed by atoms with Gasteiger partial charge in [-0.15, -0.1) is 0 Å². The molecule has 14 heavy (non-hydrogen) atoms. The molecule has 0 bridgehead atoms. The molecule has 3 nitrogen and oxygen atoms in total. The smallest absolute Gasteiger partial charge is 0.106 e. The molecule has 0 fully saturated rings. The third kappa shape index (κ3) is 30.5. The van der Waals surface area contributed by atoms with Gasteiger partial charge >= 0.3 is 0 Å². The Kier molecular flexibility index (Phi) is 66.6. The van der Waals surface area contributed by atoms with Crippen LogP contribution in [0.3, 0.4) is 0 Å². The Labute approximate surface area is 95.7 Å². The van der Waals surface area contributed by atoms with Crippen molar-refractivity contribution in [3.63, 3.8) is 0 Å². The van der Waals surface area contributed by atoms with E-state index in [2.05, 4.69) is 24.3 Å². The third-order valence-corrected chi connectivity index (χ3v) is 1.12. The van der Waals surface area contributed by atoms with Gasteiger partial charge in [0, 0.05) is 17.1 Å².